The Morgan fingerprint density at radius 1 is 0.697 bits per heavy atom. The van der Waals surface area contributed by atoms with E-state index in [0.717, 1.165) is 23.8 Å². The lowest BCUT2D eigenvalue weighted by Crippen LogP contribution is -2.54. The first-order chi connectivity index (χ1) is 15.6. The third-order valence-electron chi connectivity index (χ3n) is 6.56. The molecule has 0 aliphatic carbocycles. The Kier molecular flexibility index (Phi) is 12.4. The molecule has 0 aromatic heterocycles. The highest BCUT2D eigenvalue weighted by Gasteiger charge is 2.40. The van der Waals surface area contributed by atoms with Crippen LogP contribution < -0.4 is 9.92 Å². The molecule has 0 spiro atoms. The fourth-order valence-corrected chi connectivity index (χ4v) is 5.13. The molecule has 0 heterocycles. The molecule has 0 amide bonds. The average molecular weight is 475 g/mol. The topological polar surface area (TPSA) is 36.9 Å². The van der Waals surface area contributed by atoms with Gasteiger partial charge in [0.05, 0.1) is 0 Å². The molecule has 0 aliphatic heterocycles. The lowest BCUT2D eigenvalue weighted by Gasteiger charge is -2.25. The fourth-order valence-electron chi connectivity index (χ4n) is 3.35. The minimum Gasteiger partial charge on any atom is -0.488 e. The van der Waals surface area contributed by atoms with Crippen LogP contribution in [0.4, 0.5) is 0 Å². The minimum atomic E-state index is -2.66. The van der Waals surface area contributed by atoms with Crippen LogP contribution in [0, 0.1) is 0 Å². The van der Waals surface area contributed by atoms with Gasteiger partial charge in [-0.2, -0.15) is 0 Å². The van der Waals surface area contributed by atoms with Crippen LogP contribution in [0.3, 0.4) is 0 Å². The number of hydrogen-bond acceptors (Lipinski definition) is 4. The summed E-state index contributed by atoms with van der Waals surface area (Å²) in [5.41, 5.74) is 2.66. The van der Waals surface area contributed by atoms with Gasteiger partial charge in [-0.3, -0.25) is 0 Å². The standard InChI is InChI=1S/C15H24O.C13H22O3Si/c1-6-12(3)13-8-10-14(11-9-13)16-15(4,5)7-2;1-6-11(2)12-7-9-13(10-8-12)17(14-3,15-4)16-5/h8-12H,6-7H2,1-5H3;7-11H,6H2,1-5H3. The van der Waals surface area contributed by atoms with Crippen molar-refractivity contribution in [3.05, 3.63) is 59.7 Å². The SMILES string of the molecule is CCC(C)c1ccc(OC(C)(C)CC)cc1.CCC(C)c1ccc([Si](OC)(OC)OC)cc1. The van der Waals surface area contributed by atoms with E-state index in [1.807, 2.05) is 12.1 Å². The third-order valence-corrected chi connectivity index (χ3v) is 9.21. The summed E-state index contributed by atoms with van der Waals surface area (Å²) in [6, 6.07) is 16.9. The summed E-state index contributed by atoms with van der Waals surface area (Å²) in [4.78, 5) is 0. The van der Waals surface area contributed by atoms with Crippen LogP contribution in [0.5, 0.6) is 5.75 Å². The smallest absolute Gasteiger partial charge is 0.488 e. The summed E-state index contributed by atoms with van der Waals surface area (Å²) >= 11 is 0. The van der Waals surface area contributed by atoms with Crippen molar-refractivity contribution in [3.8, 4) is 5.75 Å². The molecule has 0 radical (unpaired) electrons. The van der Waals surface area contributed by atoms with Gasteiger partial charge >= 0.3 is 8.80 Å². The van der Waals surface area contributed by atoms with Gasteiger partial charge in [-0.25, -0.2) is 0 Å². The van der Waals surface area contributed by atoms with Gasteiger partial charge in [0.1, 0.15) is 11.4 Å². The van der Waals surface area contributed by atoms with Gasteiger partial charge in [0.15, 0.2) is 0 Å². The zero-order valence-electron chi connectivity index (χ0n) is 22.5. The Morgan fingerprint density at radius 3 is 1.42 bits per heavy atom. The first-order valence-electron chi connectivity index (χ1n) is 12.2. The average Bonchev–Trinajstić information content (AvgIpc) is 2.85. The second-order valence-electron chi connectivity index (χ2n) is 9.19. The highest BCUT2D eigenvalue weighted by atomic mass is 28.4. The molecule has 0 fully saturated rings. The second-order valence-corrected chi connectivity index (χ2v) is 12.1. The Labute approximate surface area is 204 Å². The first kappa shape index (κ1) is 29.4. The molecule has 2 aromatic rings. The molecule has 0 saturated heterocycles. The third kappa shape index (κ3) is 8.56. The predicted octanol–water partition coefficient (Wildman–Crippen LogP) is 7.05. The number of benzene rings is 2. The van der Waals surface area contributed by atoms with E-state index in [9.17, 15) is 0 Å². The van der Waals surface area contributed by atoms with E-state index in [4.69, 9.17) is 18.0 Å². The van der Waals surface area contributed by atoms with Crippen molar-refractivity contribution in [3.63, 3.8) is 0 Å². The molecule has 0 N–H and O–H groups in total. The van der Waals surface area contributed by atoms with E-state index in [1.165, 1.54) is 17.5 Å². The van der Waals surface area contributed by atoms with Crippen molar-refractivity contribution in [2.75, 3.05) is 21.3 Å². The zero-order valence-corrected chi connectivity index (χ0v) is 23.5. The number of rotatable bonds is 11. The maximum atomic E-state index is 5.92. The van der Waals surface area contributed by atoms with Crippen LogP contribution in [0.25, 0.3) is 0 Å². The van der Waals surface area contributed by atoms with Gasteiger partial charge in [0, 0.05) is 26.5 Å². The van der Waals surface area contributed by atoms with Crippen molar-refractivity contribution >= 4 is 14.0 Å². The van der Waals surface area contributed by atoms with Crippen molar-refractivity contribution in [2.45, 2.75) is 85.2 Å². The van der Waals surface area contributed by atoms with Crippen LogP contribution in [-0.4, -0.2) is 35.7 Å². The molecule has 186 valence electrons. The van der Waals surface area contributed by atoms with Gasteiger partial charge < -0.3 is 18.0 Å². The van der Waals surface area contributed by atoms with E-state index < -0.39 is 8.80 Å². The number of ether oxygens (including phenoxy) is 1. The Hall–Kier alpha value is -1.66. The first-order valence-corrected chi connectivity index (χ1v) is 13.9. The summed E-state index contributed by atoms with van der Waals surface area (Å²) in [6.45, 7) is 15.3. The second kappa shape index (κ2) is 13.9. The maximum absolute atomic E-state index is 5.92. The van der Waals surface area contributed by atoms with E-state index in [-0.39, 0.29) is 5.60 Å². The monoisotopic (exact) mass is 474 g/mol. The van der Waals surface area contributed by atoms with Crippen LogP contribution in [0.1, 0.15) is 90.7 Å². The Bertz CT molecular complexity index is 774. The molecule has 0 bridgehead atoms. The Balaban J connectivity index is 0.000000331. The number of hydrogen-bond donors (Lipinski definition) is 0. The van der Waals surface area contributed by atoms with Crippen LogP contribution in [0.2, 0.25) is 0 Å². The highest BCUT2D eigenvalue weighted by Crippen LogP contribution is 2.25. The van der Waals surface area contributed by atoms with E-state index in [0.29, 0.717) is 11.8 Å². The Morgan fingerprint density at radius 2 is 1.09 bits per heavy atom. The minimum absolute atomic E-state index is 0.0715. The summed E-state index contributed by atoms with van der Waals surface area (Å²) in [6.07, 6.45) is 3.33. The van der Waals surface area contributed by atoms with Crippen molar-refractivity contribution in [1.82, 2.24) is 0 Å². The highest BCUT2D eigenvalue weighted by molar-refractivity contribution is 6.75. The van der Waals surface area contributed by atoms with Gasteiger partial charge in [-0.15, -0.1) is 0 Å². The van der Waals surface area contributed by atoms with Gasteiger partial charge in [0.25, 0.3) is 0 Å². The van der Waals surface area contributed by atoms with Gasteiger partial charge in [0.2, 0.25) is 0 Å². The van der Waals surface area contributed by atoms with Crippen molar-refractivity contribution in [2.24, 2.45) is 0 Å². The molecule has 5 heteroatoms. The molecule has 0 saturated carbocycles. The molecule has 2 rings (SSSR count). The van der Waals surface area contributed by atoms with E-state index in [1.54, 1.807) is 21.3 Å². The van der Waals surface area contributed by atoms with Gasteiger partial charge in [-0.1, -0.05) is 71.0 Å². The molecule has 4 nitrogen and oxygen atoms in total. The molecule has 2 aromatic carbocycles. The van der Waals surface area contributed by atoms with Crippen LogP contribution >= 0.6 is 0 Å². The van der Waals surface area contributed by atoms with Crippen molar-refractivity contribution in [1.29, 1.82) is 0 Å². The largest absolute Gasteiger partial charge is 0.536 e. The normalized spacial score (nSPS) is 13.6. The van der Waals surface area contributed by atoms with Gasteiger partial charge in [-0.05, 0) is 68.2 Å². The molecule has 2 atom stereocenters. The summed E-state index contributed by atoms with van der Waals surface area (Å²) < 4.78 is 22.2. The van der Waals surface area contributed by atoms with Crippen LogP contribution in [-0.2, 0) is 13.3 Å². The summed E-state index contributed by atoms with van der Waals surface area (Å²) in [5.74, 6) is 2.18. The fraction of sp³-hybridized carbons (Fsp3) is 0.571. The quantitative estimate of drug-likeness (QED) is 0.327. The van der Waals surface area contributed by atoms with E-state index >= 15 is 0 Å². The summed E-state index contributed by atoms with van der Waals surface area (Å²) in [5, 5.41) is 0.997. The maximum Gasteiger partial charge on any atom is 0.536 e. The molecule has 33 heavy (non-hydrogen) atoms. The molecule has 0 aliphatic rings. The summed E-state index contributed by atoms with van der Waals surface area (Å²) in [7, 11) is 2.22. The van der Waals surface area contributed by atoms with Crippen molar-refractivity contribution < 1.29 is 18.0 Å². The van der Waals surface area contributed by atoms with Crippen LogP contribution in [0.15, 0.2) is 48.5 Å². The van der Waals surface area contributed by atoms with E-state index in [2.05, 4.69) is 84.9 Å². The molecular formula is C28H46O4Si. The lowest BCUT2D eigenvalue weighted by molar-refractivity contribution is 0.105. The zero-order chi connectivity index (χ0) is 25.1. The molecular weight excluding hydrogens is 428 g/mol. The molecule has 2 unspecified atom stereocenters. The lowest BCUT2D eigenvalue weighted by atomic mass is 9.99. The predicted molar refractivity (Wildman–Crippen MR) is 142 cm³/mol.